The van der Waals surface area contributed by atoms with E-state index in [1.807, 2.05) is 17.5 Å². The van der Waals surface area contributed by atoms with E-state index >= 15 is 0 Å². The standard InChI is InChI=1S/C13H9FN4S2/c14-10-5-3-9(4-6-10)12-16-17-13(19)18(12)15-8-11-2-1-7-20-11/h1-8H,(H,17,19)/b15-8-. The van der Waals surface area contributed by atoms with E-state index in [0.717, 1.165) is 10.4 Å². The van der Waals surface area contributed by atoms with Gasteiger partial charge in [0.25, 0.3) is 0 Å². The molecule has 0 aliphatic heterocycles. The Balaban J connectivity index is 2.01. The highest BCUT2D eigenvalue weighted by molar-refractivity contribution is 7.71. The number of rotatable bonds is 3. The van der Waals surface area contributed by atoms with Gasteiger partial charge in [-0.2, -0.15) is 14.9 Å². The van der Waals surface area contributed by atoms with Gasteiger partial charge in [-0.15, -0.1) is 11.3 Å². The molecule has 4 nitrogen and oxygen atoms in total. The number of nitrogens with one attached hydrogen (secondary N) is 1. The van der Waals surface area contributed by atoms with Gasteiger partial charge in [0.15, 0.2) is 5.82 Å². The van der Waals surface area contributed by atoms with Crippen molar-refractivity contribution in [3.05, 3.63) is 57.2 Å². The van der Waals surface area contributed by atoms with E-state index < -0.39 is 0 Å². The van der Waals surface area contributed by atoms with E-state index in [1.54, 1.807) is 29.7 Å². The Morgan fingerprint density at radius 3 is 2.80 bits per heavy atom. The first-order valence-electron chi connectivity index (χ1n) is 5.75. The molecule has 3 aromatic rings. The molecule has 2 heterocycles. The molecule has 1 N–H and O–H groups in total. The molecule has 7 heteroatoms. The first kappa shape index (κ1) is 12.9. The van der Waals surface area contributed by atoms with Crippen molar-refractivity contribution in [3.63, 3.8) is 0 Å². The lowest BCUT2D eigenvalue weighted by Gasteiger charge is -2.00. The normalized spacial score (nSPS) is 11.2. The Kier molecular flexibility index (Phi) is 3.53. The minimum Gasteiger partial charge on any atom is -0.250 e. The van der Waals surface area contributed by atoms with Gasteiger partial charge in [0.05, 0.1) is 6.21 Å². The second kappa shape index (κ2) is 5.48. The molecule has 0 fully saturated rings. The van der Waals surface area contributed by atoms with Crippen LogP contribution in [-0.4, -0.2) is 21.1 Å². The van der Waals surface area contributed by atoms with Crippen LogP contribution in [0.4, 0.5) is 4.39 Å². The smallest absolute Gasteiger partial charge is 0.216 e. The molecule has 3 rings (SSSR count). The van der Waals surface area contributed by atoms with Crippen LogP contribution in [-0.2, 0) is 0 Å². The number of H-pyrrole nitrogens is 1. The summed E-state index contributed by atoms with van der Waals surface area (Å²) in [6, 6.07) is 9.92. The number of aromatic amines is 1. The monoisotopic (exact) mass is 304 g/mol. The van der Waals surface area contributed by atoms with Crippen LogP contribution in [0.5, 0.6) is 0 Å². The van der Waals surface area contributed by atoms with Crippen LogP contribution in [0.1, 0.15) is 4.88 Å². The van der Waals surface area contributed by atoms with Crippen molar-refractivity contribution >= 4 is 29.8 Å². The highest BCUT2D eigenvalue weighted by Gasteiger charge is 2.07. The van der Waals surface area contributed by atoms with Crippen LogP contribution in [0.15, 0.2) is 46.9 Å². The summed E-state index contributed by atoms with van der Waals surface area (Å²) in [5.41, 5.74) is 0.738. The highest BCUT2D eigenvalue weighted by atomic mass is 32.1. The molecule has 0 saturated heterocycles. The number of nitrogens with zero attached hydrogens (tertiary/aromatic N) is 3. The first-order chi connectivity index (χ1) is 9.74. The van der Waals surface area contributed by atoms with E-state index in [2.05, 4.69) is 15.3 Å². The second-order valence-electron chi connectivity index (χ2n) is 3.93. The molecular formula is C13H9FN4S2. The molecule has 20 heavy (non-hydrogen) atoms. The third-order valence-electron chi connectivity index (χ3n) is 2.60. The molecule has 0 spiro atoms. The van der Waals surface area contributed by atoms with Crippen molar-refractivity contribution < 1.29 is 4.39 Å². The van der Waals surface area contributed by atoms with E-state index in [0.29, 0.717) is 10.6 Å². The van der Waals surface area contributed by atoms with Crippen LogP contribution in [0.3, 0.4) is 0 Å². The maximum absolute atomic E-state index is 13.0. The molecule has 0 saturated carbocycles. The molecule has 0 aliphatic rings. The number of aromatic nitrogens is 3. The fourth-order valence-electron chi connectivity index (χ4n) is 1.66. The fourth-order valence-corrected chi connectivity index (χ4v) is 2.42. The lowest BCUT2D eigenvalue weighted by molar-refractivity contribution is 0.628. The maximum Gasteiger partial charge on any atom is 0.216 e. The first-order valence-corrected chi connectivity index (χ1v) is 7.04. The quantitative estimate of drug-likeness (QED) is 0.592. The van der Waals surface area contributed by atoms with Gasteiger partial charge in [0.1, 0.15) is 5.82 Å². The van der Waals surface area contributed by atoms with Gasteiger partial charge in [0, 0.05) is 10.4 Å². The average Bonchev–Trinajstić information content (AvgIpc) is 3.07. The maximum atomic E-state index is 13.0. The van der Waals surface area contributed by atoms with Crippen molar-refractivity contribution in [1.29, 1.82) is 0 Å². The third-order valence-corrected chi connectivity index (χ3v) is 3.67. The number of thiophene rings is 1. The summed E-state index contributed by atoms with van der Waals surface area (Å²) >= 11 is 6.73. The van der Waals surface area contributed by atoms with E-state index in [9.17, 15) is 4.39 Å². The zero-order valence-corrected chi connectivity index (χ0v) is 11.8. The molecule has 100 valence electrons. The van der Waals surface area contributed by atoms with Crippen molar-refractivity contribution in [3.8, 4) is 11.4 Å². The molecule has 0 radical (unpaired) electrons. The van der Waals surface area contributed by atoms with Gasteiger partial charge in [0.2, 0.25) is 4.77 Å². The number of hydrogen-bond acceptors (Lipinski definition) is 4. The summed E-state index contributed by atoms with van der Waals surface area (Å²) in [6.07, 6.45) is 1.71. The largest absolute Gasteiger partial charge is 0.250 e. The van der Waals surface area contributed by atoms with Crippen molar-refractivity contribution in [2.75, 3.05) is 0 Å². The van der Waals surface area contributed by atoms with E-state index in [1.165, 1.54) is 16.8 Å². The number of halogens is 1. The molecule has 0 aliphatic carbocycles. The summed E-state index contributed by atoms with van der Waals surface area (Å²) in [7, 11) is 0. The molecule has 0 amide bonds. The Bertz CT molecular complexity index is 785. The van der Waals surface area contributed by atoms with Gasteiger partial charge < -0.3 is 0 Å². The van der Waals surface area contributed by atoms with Crippen molar-refractivity contribution in [1.82, 2.24) is 14.9 Å². The van der Waals surface area contributed by atoms with Gasteiger partial charge in [-0.3, -0.25) is 0 Å². The van der Waals surface area contributed by atoms with Crippen LogP contribution in [0.2, 0.25) is 0 Å². The zero-order chi connectivity index (χ0) is 13.9. The second-order valence-corrected chi connectivity index (χ2v) is 5.30. The number of benzene rings is 1. The zero-order valence-electron chi connectivity index (χ0n) is 10.2. The molecule has 0 unspecified atom stereocenters. The highest BCUT2D eigenvalue weighted by Crippen LogP contribution is 2.17. The molecular weight excluding hydrogens is 295 g/mol. The summed E-state index contributed by atoms with van der Waals surface area (Å²) in [6.45, 7) is 0. The van der Waals surface area contributed by atoms with Crippen LogP contribution >= 0.6 is 23.6 Å². The van der Waals surface area contributed by atoms with Crippen molar-refractivity contribution in [2.24, 2.45) is 5.10 Å². The van der Waals surface area contributed by atoms with Crippen molar-refractivity contribution in [2.45, 2.75) is 0 Å². The van der Waals surface area contributed by atoms with Crippen LogP contribution in [0, 0.1) is 10.6 Å². The number of hydrogen-bond donors (Lipinski definition) is 1. The summed E-state index contributed by atoms with van der Waals surface area (Å²) in [4.78, 5) is 1.01. The average molecular weight is 304 g/mol. The minimum absolute atomic E-state index is 0.295. The molecule has 0 atom stereocenters. The van der Waals surface area contributed by atoms with E-state index in [-0.39, 0.29) is 5.82 Å². The summed E-state index contributed by atoms with van der Waals surface area (Å²) in [5, 5.41) is 13.1. The Morgan fingerprint density at radius 2 is 2.10 bits per heavy atom. The van der Waals surface area contributed by atoms with Crippen LogP contribution < -0.4 is 0 Å². The SMILES string of the molecule is Fc1ccc(-c2n[nH]c(=S)n2/N=C\c2cccs2)cc1. The van der Waals surface area contributed by atoms with E-state index in [4.69, 9.17) is 12.2 Å². The topological polar surface area (TPSA) is 46.0 Å². The lowest BCUT2D eigenvalue weighted by Crippen LogP contribution is -1.94. The lowest BCUT2D eigenvalue weighted by atomic mass is 10.2. The Morgan fingerprint density at radius 1 is 1.30 bits per heavy atom. The predicted molar refractivity (Wildman–Crippen MR) is 80.1 cm³/mol. The molecule has 2 aromatic heterocycles. The van der Waals surface area contributed by atoms with Gasteiger partial charge >= 0.3 is 0 Å². The molecule has 0 bridgehead atoms. The minimum atomic E-state index is -0.295. The third kappa shape index (κ3) is 2.59. The Hall–Kier alpha value is -2.12. The van der Waals surface area contributed by atoms with Gasteiger partial charge in [-0.1, -0.05) is 6.07 Å². The summed E-state index contributed by atoms with van der Waals surface area (Å²) in [5.74, 6) is 0.249. The predicted octanol–water partition coefficient (Wildman–Crippen LogP) is 3.69. The molecule has 1 aromatic carbocycles. The Labute approximate surface area is 123 Å². The van der Waals surface area contributed by atoms with Gasteiger partial charge in [-0.05, 0) is 47.9 Å². The van der Waals surface area contributed by atoms with Gasteiger partial charge in [-0.25, -0.2) is 9.49 Å². The van der Waals surface area contributed by atoms with Crippen LogP contribution in [0.25, 0.3) is 11.4 Å². The summed E-state index contributed by atoms with van der Waals surface area (Å²) < 4.78 is 14.9. The fraction of sp³-hybridized carbons (Fsp3) is 0.